The molecular formula is C27H23ClF2IN3O5. The van der Waals surface area contributed by atoms with Gasteiger partial charge in [-0.25, -0.2) is 18.4 Å². The lowest BCUT2D eigenvalue weighted by atomic mass is 10.0. The Kier molecular flexibility index (Phi) is 8.31. The Labute approximate surface area is 241 Å². The Morgan fingerprint density at radius 2 is 1.67 bits per heavy atom. The number of piperazine rings is 1. The number of amides is 1. The molecule has 3 aromatic carbocycles. The molecule has 1 fully saturated rings. The van der Waals surface area contributed by atoms with Crippen LogP contribution < -0.4 is 10.2 Å². The molecule has 1 amide bonds. The van der Waals surface area contributed by atoms with Crippen LogP contribution >= 0.6 is 34.2 Å². The van der Waals surface area contributed by atoms with Gasteiger partial charge in [0.2, 0.25) is 0 Å². The topological polar surface area (TPSA) is 110 Å². The SMILES string of the molecule is Cc1cc(I)ccc1Nc1c(C(=O)O)cc(C(=O)N2CCN(c3ccc(C(=O)O)c(Cl)c3)CC2C)c(F)c1F. The molecule has 1 unspecified atom stereocenters. The molecule has 3 N–H and O–H groups in total. The van der Waals surface area contributed by atoms with E-state index < -0.39 is 52.3 Å². The van der Waals surface area contributed by atoms with Crippen LogP contribution in [0.5, 0.6) is 0 Å². The van der Waals surface area contributed by atoms with Gasteiger partial charge in [0, 0.05) is 40.6 Å². The number of benzene rings is 3. The van der Waals surface area contributed by atoms with Gasteiger partial charge in [0.05, 0.1) is 27.4 Å². The number of halogens is 4. The third-order valence-electron chi connectivity index (χ3n) is 6.55. The van der Waals surface area contributed by atoms with Crippen LogP contribution in [-0.2, 0) is 0 Å². The molecule has 0 spiro atoms. The highest BCUT2D eigenvalue weighted by atomic mass is 127. The lowest BCUT2D eigenvalue weighted by Gasteiger charge is -2.41. The highest BCUT2D eigenvalue weighted by molar-refractivity contribution is 14.1. The molecule has 1 saturated heterocycles. The van der Waals surface area contributed by atoms with Gasteiger partial charge >= 0.3 is 11.9 Å². The number of hydrogen-bond donors (Lipinski definition) is 3. The van der Waals surface area contributed by atoms with Crippen molar-refractivity contribution in [3.63, 3.8) is 0 Å². The van der Waals surface area contributed by atoms with E-state index in [1.54, 1.807) is 38.1 Å². The Morgan fingerprint density at radius 3 is 2.26 bits per heavy atom. The van der Waals surface area contributed by atoms with Gasteiger partial charge in [-0.15, -0.1) is 0 Å². The summed E-state index contributed by atoms with van der Waals surface area (Å²) in [6.45, 7) is 4.20. The average Bonchev–Trinajstić information content (AvgIpc) is 2.87. The fourth-order valence-corrected chi connectivity index (χ4v) is 5.40. The van der Waals surface area contributed by atoms with Crippen LogP contribution in [0.1, 0.15) is 43.6 Å². The van der Waals surface area contributed by atoms with Crippen molar-refractivity contribution in [3.05, 3.63) is 84.9 Å². The molecule has 0 saturated carbocycles. The zero-order valence-corrected chi connectivity index (χ0v) is 23.7. The Balaban J connectivity index is 1.60. The lowest BCUT2D eigenvalue weighted by Crippen LogP contribution is -2.54. The first kappa shape index (κ1) is 28.6. The summed E-state index contributed by atoms with van der Waals surface area (Å²) in [7, 11) is 0. The number of aromatic carboxylic acids is 2. The van der Waals surface area contributed by atoms with Crippen molar-refractivity contribution in [3.8, 4) is 0 Å². The summed E-state index contributed by atoms with van der Waals surface area (Å²) in [5.74, 6) is -6.41. The van der Waals surface area contributed by atoms with Crippen molar-refractivity contribution in [2.24, 2.45) is 0 Å². The predicted octanol–water partition coefficient (Wildman–Crippen LogP) is 6.02. The molecule has 0 radical (unpaired) electrons. The number of carboxylic acid groups (broad SMARTS) is 2. The standard InChI is InChI=1S/C27H23ClF2IN3O5/c1-13-9-15(31)3-6-21(13)32-24-19(27(38)39)11-18(22(29)23(24)30)25(35)34-8-7-33(12-14(34)2)16-4-5-17(26(36)37)20(28)10-16/h3-6,9-11,14,32H,7-8,12H2,1-2H3,(H,36,37)(H,38,39). The molecule has 4 rings (SSSR count). The van der Waals surface area contributed by atoms with Gasteiger partial charge in [0.1, 0.15) is 0 Å². The van der Waals surface area contributed by atoms with Gasteiger partial charge in [0.25, 0.3) is 5.91 Å². The van der Waals surface area contributed by atoms with Crippen molar-refractivity contribution < 1.29 is 33.4 Å². The van der Waals surface area contributed by atoms with Crippen molar-refractivity contribution in [2.75, 3.05) is 29.9 Å². The minimum absolute atomic E-state index is 0.0378. The summed E-state index contributed by atoms with van der Waals surface area (Å²) in [6.07, 6.45) is 0. The van der Waals surface area contributed by atoms with Gasteiger partial charge in [-0.05, 0) is 84.5 Å². The van der Waals surface area contributed by atoms with E-state index in [0.717, 1.165) is 9.64 Å². The highest BCUT2D eigenvalue weighted by Crippen LogP contribution is 2.32. The number of nitrogens with one attached hydrogen (secondary N) is 1. The number of carboxylic acids is 2. The molecule has 0 aromatic heterocycles. The first-order chi connectivity index (χ1) is 18.4. The molecule has 0 aliphatic carbocycles. The number of nitrogens with zero attached hydrogens (tertiary/aromatic N) is 2. The third kappa shape index (κ3) is 5.78. The molecule has 204 valence electrons. The molecule has 1 atom stereocenters. The molecule has 1 heterocycles. The van der Waals surface area contributed by atoms with E-state index in [1.165, 1.54) is 17.0 Å². The predicted molar refractivity (Wildman–Crippen MR) is 152 cm³/mol. The average molecular weight is 670 g/mol. The van der Waals surface area contributed by atoms with Crippen LogP contribution in [0.25, 0.3) is 0 Å². The Morgan fingerprint density at radius 1 is 0.974 bits per heavy atom. The van der Waals surface area contributed by atoms with E-state index >= 15 is 8.78 Å². The van der Waals surface area contributed by atoms with Crippen LogP contribution in [-0.4, -0.2) is 58.6 Å². The number of carbonyl (C=O) groups is 3. The molecule has 1 aliphatic rings. The summed E-state index contributed by atoms with van der Waals surface area (Å²) in [5.41, 5.74) is -0.112. The van der Waals surface area contributed by atoms with E-state index in [4.69, 9.17) is 11.6 Å². The Hall–Kier alpha value is -3.45. The van der Waals surface area contributed by atoms with E-state index in [9.17, 15) is 24.6 Å². The number of carbonyl (C=O) groups excluding carboxylic acids is 1. The zero-order valence-electron chi connectivity index (χ0n) is 20.8. The summed E-state index contributed by atoms with van der Waals surface area (Å²) >= 11 is 8.19. The second kappa shape index (κ2) is 11.3. The quantitative estimate of drug-likeness (QED) is 0.276. The molecular weight excluding hydrogens is 647 g/mol. The minimum Gasteiger partial charge on any atom is -0.478 e. The summed E-state index contributed by atoms with van der Waals surface area (Å²) < 4.78 is 31.5. The first-order valence-electron chi connectivity index (χ1n) is 11.8. The third-order valence-corrected chi connectivity index (χ3v) is 7.54. The molecule has 3 aromatic rings. The van der Waals surface area contributed by atoms with Crippen LogP contribution in [0.3, 0.4) is 0 Å². The van der Waals surface area contributed by atoms with Gasteiger partial charge in [-0.1, -0.05) is 11.6 Å². The zero-order chi connectivity index (χ0) is 28.6. The van der Waals surface area contributed by atoms with E-state index in [-0.39, 0.29) is 17.1 Å². The van der Waals surface area contributed by atoms with Crippen LogP contribution in [0.4, 0.5) is 25.8 Å². The number of rotatable bonds is 6. The van der Waals surface area contributed by atoms with Crippen LogP contribution in [0.15, 0.2) is 42.5 Å². The molecule has 1 aliphatic heterocycles. The second-order valence-electron chi connectivity index (χ2n) is 9.13. The van der Waals surface area contributed by atoms with Gasteiger partial charge in [-0.3, -0.25) is 4.79 Å². The van der Waals surface area contributed by atoms with Gasteiger partial charge < -0.3 is 25.3 Å². The summed E-state index contributed by atoms with van der Waals surface area (Å²) in [6, 6.07) is 10.1. The van der Waals surface area contributed by atoms with E-state index in [1.807, 2.05) is 4.90 Å². The minimum atomic E-state index is -1.52. The Bertz CT molecular complexity index is 1500. The van der Waals surface area contributed by atoms with Crippen molar-refractivity contribution in [1.29, 1.82) is 0 Å². The number of hydrogen-bond acceptors (Lipinski definition) is 5. The van der Waals surface area contributed by atoms with Crippen LogP contribution in [0, 0.1) is 22.1 Å². The maximum Gasteiger partial charge on any atom is 0.337 e. The van der Waals surface area contributed by atoms with E-state index in [2.05, 4.69) is 27.9 Å². The summed E-state index contributed by atoms with van der Waals surface area (Å²) in [4.78, 5) is 39.8. The first-order valence-corrected chi connectivity index (χ1v) is 13.2. The molecule has 8 nitrogen and oxygen atoms in total. The van der Waals surface area contributed by atoms with Crippen molar-refractivity contribution in [2.45, 2.75) is 19.9 Å². The molecule has 0 bridgehead atoms. The van der Waals surface area contributed by atoms with Crippen molar-refractivity contribution >= 4 is 69.1 Å². The van der Waals surface area contributed by atoms with E-state index in [0.29, 0.717) is 30.0 Å². The van der Waals surface area contributed by atoms with Gasteiger partial charge in [-0.2, -0.15) is 0 Å². The fourth-order valence-electron chi connectivity index (χ4n) is 4.50. The highest BCUT2D eigenvalue weighted by Gasteiger charge is 2.33. The summed E-state index contributed by atoms with van der Waals surface area (Å²) in [5, 5.41) is 21.7. The maximum atomic E-state index is 15.3. The second-order valence-corrected chi connectivity index (χ2v) is 10.8. The lowest BCUT2D eigenvalue weighted by molar-refractivity contribution is 0.0664. The van der Waals surface area contributed by atoms with Crippen molar-refractivity contribution in [1.82, 2.24) is 4.90 Å². The van der Waals surface area contributed by atoms with Crippen LogP contribution in [0.2, 0.25) is 5.02 Å². The van der Waals surface area contributed by atoms with Gasteiger partial charge in [0.15, 0.2) is 11.6 Å². The maximum absolute atomic E-state index is 15.3. The molecule has 39 heavy (non-hydrogen) atoms. The molecule has 12 heteroatoms. The fraction of sp³-hybridized carbons (Fsp3) is 0.222. The normalized spacial score (nSPS) is 15.3. The largest absolute Gasteiger partial charge is 0.478 e. The monoisotopic (exact) mass is 669 g/mol. The number of aryl methyl sites for hydroxylation is 1. The number of anilines is 3. The smallest absolute Gasteiger partial charge is 0.337 e.